The Bertz CT molecular complexity index is 1390. The van der Waals surface area contributed by atoms with Crippen LogP contribution in [0, 0.1) is 0 Å². The maximum Gasteiger partial charge on any atom is 0.220 e. The molecule has 1 aliphatic rings. The van der Waals surface area contributed by atoms with Gasteiger partial charge in [-0.1, -0.05) is 279 Å². The number of carbonyl (C=O) groups is 1. The molecule has 9 heteroatoms. The number of hydrogen-bond acceptors (Lipinski definition) is 8. The van der Waals surface area contributed by atoms with Crippen LogP contribution in [0.1, 0.15) is 277 Å². The predicted octanol–water partition coefficient (Wildman–Crippen LogP) is 16.0. The third-order valence-electron chi connectivity index (χ3n) is 14.6. The molecular weight excluding hydrogens is 923 g/mol. The zero-order valence-corrected chi connectivity index (χ0v) is 47.8. The highest BCUT2D eigenvalue weighted by Gasteiger charge is 2.44. The molecule has 7 atom stereocenters. The zero-order valence-electron chi connectivity index (χ0n) is 47.8. The van der Waals surface area contributed by atoms with Crippen molar-refractivity contribution in [1.82, 2.24) is 5.32 Å². The third kappa shape index (κ3) is 42.7. The van der Waals surface area contributed by atoms with Gasteiger partial charge in [-0.2, -0.15) is 0 Å². The molecule has 0 radical (unpaired) electrons. The number of allylic oxidation sites excluding steroid dienone is 12. The lowest BCUT2D eigenvalue weighted by Crippen LogP contribution is -2.60. The van der Waals surface area contributed by atoms with Gasteiger partial charge in [-0.05, 0) is 64.2 Å². The normalized spacial score (nSPS) is 19.5. The summed E-state index contributed by atoms with van der Waals surface area (Å²) in [7, 11) is 0. The van der Waals surface area contributed by atoms with E-state index in [1.54, 1.807) is 0 Å². The molecular formula is C65H117NO8. The van der Waals surface area contributed by atoms with Crippen LogP contribution >= 0.6 is 0 Å². The molecule has 74 heavy (non-hydrogen) atoms. The van der Waals surface area contributed by atoms with E-state index in [9.17, 15) is 30.3 Å². The number of ether oxygens (including phenoxy) is 2. The number of amides is 1. The van der Waals surface area contributed by atoms with Crippen LogP contribution in [0.15, 0.2) is 72.9 Å². The Balaban J connectivity index is 2.20. The molecule has 0 aromatic rings. The molecule has 1 heterocycles. The quantitative estimate of drug-likeness (QED) is 0.0261. The smallest absolute Gasteiger partial charge is 0.220 e. The Hall–Kier alpha value is -2.37. The first-order valence-corrected chi connectivity index (χ1v) is 31.1. The van der Waals surface area contributed by atoms with Gasteiger partial charge in [-0.15, -0.1) is 0 Å². The molecule has 0 saturated carbocycles. The standard InChI is InChI=1S/C65H117NO8/c1-3-5-7-9-11-13-15-17-19-21-23-25-27-28-29-30-31-33-34-36-38-40-42-44-46-48-50-52-54-59(68)58(57-73-65-64(72)63(71)62(70)60(56-67)74-65)66-61(69)55-53-51-49-47-45-43-41-39-37-35-32-26-24-22-20-18-16-14-12-10-8-6-4-2/h6,8,12,14,18,20,24,26,35,37,41,43,58-60,62-65,67-68,70-72H,3-5,7,9-11,13,15-17,19,21-23,25,27-34,36,38-40,42,44-57H2,1-2H3,(H,66,69)/b8-6-,14-12-,20-18-,26-24-,37-35-,43-41-. The number of aliphatic hydroxyl groups excluding tert-OH is 5. The summed E-state index contributed by atoms with van der Waals surface area (Å²) in [5.41, 5.74) is 0. The molecule has 0 bridgehead atoms. The summed E-state index contributed by atoms with van der Waals surface area (Å²) in [6, 6.07) is -0.739. The largest absolute Gasteiger partial charge is 0.394 e. The first-order valence-electron chi connectivity index (χ1n) is 31.1. The maximum absolute atomic E-state index is 13.1. The lowest BCUT2D eigenvalue weighted by molar-refractivity contribution is -0.302. The number of hydrogen-bond donors (Lipinski definition) is 6. The van der Waals surface area contributed by atoms with Gasteiger partial charge in [0, 0.05) is 6.42 Å². The van der Waals surface area contributed by atoms with Crippen molar-refractivity contribution >= 4 is 5.91 Å². The number of unbranched alkanes of at least 4 members (excludes halogenated alkanes) is 31. The number of aliphatic hydroxyl groups is 5. The SMILES string of the molecule is CC/C=C\C/C=C\C/C=C\C/C=C\C/C=C\C/C=C\CCCCCCC(=O)NC(COC1OC(CO)C(O)C(O)C1O)C(O)CCCCCCCCCCCCCCCCCCCCCCCCCCCCCC. The van der Waals surface area contributed by atoms with Gasteiger partial charge < -0.3 is 40.3 Å². The van der Waals surface area contributed by atoms with Gasteiger partial charge in [0.1, 0.15) is 24.4 Å². The summed E-state index contributed by atoms with van der Waals surface area (Å²) < 4.78 is 11.3. The second-order valence-electron chi connectivity index (χ2n) is 21.5. The van der Waals surface area contributed by atoms with E-state index in [1.807, 2.05) is 0 Å². The molecule has 430 valence electrons. The Kier molecular flexibility index (Phi) is 50.8. The van der Waals surface area contributed by atoms with Crippen molar-refractivity contribution in [2.75, 3.05) is 13.2 Å². The van der Waals surface area contributed by atoms with E-state index in [0.29, 0.717) is 12.8 Å². The van der Waals surface area contributed by atoms with Crippen molar-refractivity contribution in [1.29, 1.82) is 0 Å². The number of nitrogens with one attached hydrogen (secondary N) is 1. The van der Waals surface area contributed by atoms with Gasteiger partial charge in [-0.3, -0.25) is 4.79 Å². The summed E-state index contributed by atoms with van der Waals surface area (Å²) in [6.45, 7) is 3.73. The Morgan fingerprint density at radius 1 is 0.473 bits per heavy atom. The molecule has 1 rings (SSSR count). The first kappa shape index (κ1) is 69.6. The monoisotopic (exact) mass is 1040 g/mol. The topological polar surface area (TPSA) is 149 Å². The van der Waals surface area contributed by atoms with Crippen LogP contribution in [-0.2, 0) is 14.3 Å². The molecule has 0 aromatic carbocycles. The van der Waals surface area contributed by atoms with Crippen LogP contribution in [-0.4, -0.2) is 87.5 Å². The summed E-state index contributed by atoms with van der Waals surface area (Å²) >= 11 is 0. The van der Waals surface area contributed by atoms with E-state index in [2.05, 4.69) is 92.1 Å². The van der Waals surface area contributed by atoms with Crippen molar-refractivity contribution in [2.45, 2.75) is 320 Å². The van der Waals surface area contributed by atoms with Crippen LogP contribution in [0.3, 0.4) is 0 Å². The molecule has 0 aliphatic carbocycles. The summed E-state index contributed by atoms with van der Waals surface area (Å²) in [4.78, 5) is 13.1. The molecule has 7 unspecified atom stereocenters. The van der Waals surface area contributed by atoms with Gasteiger partial charge in [0.25, 0.3) is 0 Å². The van der Waals surface area contributed by atoms with Gasteiger partial charge in [0.2, 0.25) is 5.91 Å². The van der Waals surface area contributed by atoms with E-state index in [-0.39, 0.29) is 12.5 Å². The Morgan fingerprint density at radius 2 is 0.838 bits per heavy atom. The minimum absolute atomic E-state index is 0.152. The van der Waals surface area contributed by atoms with Crippen LogP contribution in [0.25, 0.3) is 0 Å². The number of rotatable bonds is 53. The molecule has 1 amide bonds. The van der Waals surface area contributed by atoms with Crippen molar-refractivity contribution in [3.05, 3.63) is 72.9 Å². The average molecular weight is 1040 g/mol. The van der Waals surface area contributed by atoms with Gasteiger partial charge >= 0.3 is 0 Å². The second kappa shape index (κ2) is 54.0. The minimum atomic E-state index is -1.56. The fourth-order valence-corrected chi connectivity index (χ4v) is 9.70. The van der Waals surface area contributed by atoms with E-state index in [1.165, 1.54) is 161 Å². The zero-order chi connectivity index (χ0) is 53.6. The molecule has 0 spiro atoms. The maximum atomic E-state index is 13.1. The van der Waals surface area contributed by atoms with E-state index in [0.717, 1.165) is 89.9 Å². The molecule has 9 nitrogen and oxygen atoms in total. The van der Waals surface area contributed by atoms with Crippen LogP contribution in [0.2, 0.25) is 0 Å². The summed E-state index contributed by atoms with van der Waals surface area (Å²) in [6.07, 6.45) is 68.0. The highest BCUT2D eigenvalue weighted by atomic mass is 16.7. The minimum Gasteiger partial charge on any atom is -0.394 e. The van der Waals surface area contributed by atoms with Gasteiger partial charge in [-0.25, -0.2) is 0 Å². The molecule has 1 fully saturated rings. The van der Waals surface area contributed by atoms with Crippen LogP contribution in [0.5, 0.6) is 0 Å². The van der Waals surface area contributed by atoms with Gasteiger partial charge in [0.15, 0.2) is 6.29 Å². The molecule has 1 saturated heterocycles. The van der Waals surface area contributed by atoms with Crippen molar-refractivity contribution in [3.63, 3.8) is 0 Å². The fourth-order valence-electron chi connectivity index (χ4n) is 9.70. The average Bonchev–Trinajstić information content (AvgIpc) is 3.40. The molecule has 0 aromatic heterocycles. The lowest BCUT2D eigenvalue weighted by Gasteiger charge is -2.40. The predicted molar refractivity (Wildman–Crippen MR) is 313 cm³/mol. The van der Waals surface area contributed by atoms with Crippen molar-refractivity contribution < 1.29 is 39.8 Å². The van der Waals surface area contributed by atoms with Crippen LogP contribution in [0.4, 0.5) is 0 Å². The number of carbonyl (C=O) groups excluding carboxylic acids is 1. The third-order valence-corrected chi connectivity index (χ3v) is 14.6. The molecule has 6 N–H and O–H groups in total. The summed E-state index contributed by atoms with van der Waals surface area (Å²) in [5.74, 6) is -0.168. The fraction of sp³-hybridized carbons (Fsp3) is 0.800. The van der Waals surface area contributed by atoms with Gasteiger partial charge in [0.05, 0.1) is 25.4 Å². The van der Waals surface area contributed by atoms with Crippen molar-refractivity contribution in [2.24, 2.45) is 0 Å². The molecule has 1 aliphatic heterocycles. The summed E-state index contributed by atoms with van der Waals surface area (Å²) in [5, 5.41) is 54.8. The Labute approximate surface area is 455 Å². The van der Waals surface area contributed by atoms with Crippen LogP contribution < -0.4 is 5.32 Å². The lowest BCUT2D eigenvalue weighted by atomic mass is 9.99. The van der Waals surface area contributed by atoms with E-state index >= 15 is 0 Å². The van der Waals surface area contributed by atoms with Crippen molar-refractivity contribution in [3.8, 4) is 0 Å². The highest BCUT2D eigenvalue weighted by molar-refractivity contribution is 5.76. The first-order chi connectivity index (χ1) is 36.3. The Morgan fingerprint density at radius 3 is 1.24 bits per heavy atom. The highest BCUT2D eigenvalue weighted by Crippen LogP contribution is 2.23. The second-order valence-corrected chi connectivity index (χ2v) is 21.5. The van der Waals surface area contributed by atoms with E-state index < -0.39 is 49.5 Å². The van der Waals surface area contributed by atoms with E-state index in [4.69, 9.17) is 9.47 Å².